The zero-order valence-electron chi connectivity index (χ0n) is 8.96. The summed E-state index contributed by atoms with van der Waals surface area (Å²) >= 11 is 0. The van der Waals surface area contributed by atoms with Crippen molar-refractivity contribution in [2.75, 3.05) is 12.3 Å². The zero-order valence-corrected chi connectivity index (χ0v) is 9.78. The Morgan fingerprint density at radius 1 is 1.47 bits per heavy atom. The SMILES string of the molecule is CCCS(=O)(=O)NC(C)(CCN)C(F)F. The number of rotatable bonds is 7. The first-order valence-electron chi connectivity index (χ1n) is 4.77. The van der Waals surface area contributed by atoms with Gasteiger partial charge >= 0.3 is 0 Å². The number of nitrogens with two attached hydrogens (primary N) is 1. The average molecular weight is 244 g/mol. The summed E-state index contributed by atoms with van der Waals surface area (Å²) in [6.07, 6.45) is -2.47. The molecule has 0 rings (SSSR count). The molecule has 15 heavy (non-hydrogen) atoms. The van der Waals surface area contributed by atoms with E-state index in [0.717, 1.165) is 6.92 Å². The summed E-state index contributed by atoms with van der Waals surface area (Å²) in [5.74, 6) is -0.153. The highest BCUT2D eigenvalue weighted by Gasteiger charge is 2.37. The molecular weight excluding hydrogens is 226 g/mol. The molecule has 3 N–H and O–H groups in total. The number of hydrogen-bond acceptors (Lipinski definition) is 3. The van der Waals surface area contributed by atoms with Crippen LogP contribution in [-0.2, 0) is 10.0 Å². The Labute approximate surface area is 89.3 Å². The Hall–Kier alpha value is -0.270. The molecular formula is C8H18F2N2O2S. The average Bonchev–Trinajstić information content (AvgIpc) is 2.02. The van der Waals surface area contributed by atoms with E-state index in [4.69, 9.17) is 5.73 Å². The summed E-state index contributed by atoms with van der Waals surface area (Å²) in [5, 5.41) is 0. The van der Waals surface area contributed by atoms with Crippen LogP contribution in [0.3, 0.4) is 0 Å². The molecule has 0 saturated heterocycles. The van der Waals surface area contributed by atoms with Gasteiger partial charge in [0.05, 0.1) is 11.3 Å². The van der Waals surface area contributed by atoms with Gasteiger partial charge in [-0.25, -0.2) is 21.9 Å². The van der Waals surface area contributed by atoms with Crippen LogP contribution in [0.15, 0.2) is 0 Å². The second kappa shape index (κ2) is 5.72. The Bertz CT molecular complexity index is 282. The molecule has 92 valence electrons. The molecule has 1 unspecified atom stereocenters. The Balaban J connectivity index is 4.69. The van der Waals surface area contributed by atoms with Crippen molar-refractivity contribution in [2.45, 2.75) is 38.7 Å². The molecule has 0 aromatic heterocycles. The summed E-state index contributed by atoms with van der Waals surface area (Å²) in [6.45, 7) is 2.84. The van der Waals surface area contributed by atoms with Crippen LogP contribution in [0.1, 0.15) is 26.7 Å². The van der Waals surface area contributed by atoms with E-state index in [-0.39, 0.29) is 18.7 Å². The van der Waals surface area contributed by atoms with E-state index in [0.29, 0.717) is 6.42 Å². The molecule has 0 aromatic rings. The van der Waals surface area contributed by atoms with Crippen molar-refractivity contribution in [3.63, 3.8) is 0 Å². The van der Waals surface area contributed by atoms with Gasteiger partial charge in [0, 0.05) is 0 Å². The first-order chi connectivity index (χ1) is 6.77. The third kappa shape index (κ3) is 4.85. The van der Waals surface area contributed by atoms with Crippen LogP contribution in [0, 0.1) is 0 Å². The largest absolute Gasteiger partial charge is 0.330 e. The van der Waals surface area contributed by atoms with Crippen LogP contribution in [0.4, 0.5) is 8.78 Å². The molecule has 7 heteroatoms. The molecule has 0 heterocycles. The van der Waals surface area contributed by atoms with Gasteiger partial charge < -0.3 is 5.73 Å². The first kappa shape index (κ1) is 14.7. The predicted octanol–water partition coefficient (Wildman–Crippen LogP) is 0.688. The minimum Gasteiger partial charge on any atom is -0.330 e. The van der Waals surface area contributed by atoms with Crippen molar-refractivity contribution >= 4 is 10.0 Å². The van der Waals surface area contributed by atoms with Crippen molar-refractivity contribution in [1.29, 1.82) is 0 Å². The van der Waals surface area contributed by atoms with E-state index in [1.807, 2.05) is 4.72 Å². The van der Waals surface area contributed by atoms with Crippen molar-refractivity contribution in [3.8, 4) is 0 Å². The molecule has 4 nitrogen and oxygen atoms in total. The molecule has 0 bridgehead atoms. The fourth-order valence-electron chi connectivity index (χ4n) is 1.18. The molecule has 0 aliphatic carbocycles. The minimum atomic E-state index is -3.64. The number of halogens is 2. The van der Waals surface area contributed by atoms with Gasteiger partial charge in [-0.1, -0.05) is 6.92 Å². The maximum absolute atomic E-state index is 12.7. The summed E-state index contributed by atoms with van der Waals surface area (Å²) in [4.78, 5) is 0. The van der Waals surface area contributed by atoms with Crippen LogP contribution < -0.4 is 10.5 Å². The second-order valence-electron chi connectivity index (χ2n) is 3.68. The lowest BCUT2D eigenvalue weighted by Gasteiger charge is -2.29. The van der Waals surface area contributed by atoms with Gasteiger partial charge in [0.15, 0.2) is 0 Å². The van der Waals surface area contributed by atoms with Crippen molar-refractivity contribution in [2.24, 2.45) is 5.73 Å². The Morgan fingerprint density at radius 3 is 2.33 bits per heavy atom. The van der Waals surface area contributed by atoms with Gasteiger partial charge in [-0.3, -0.25) is 0 Å². The standard InChI is InChI=1S/C8H18F2N2O2S/c1-3-6-15(13,14)12-8(2,4-5-11)7(9)10/h7,12H,3-6,11H2,1-2H3. The first-order valence-corrected chi connectivity index (χ1v) is 6.42. The van der Waals surface area contributed by atoms with E-state index in [9.17, 15) is 17.2 Å². The minimum absolute atomic E-state index is 0.00941. The molecule has 0 amide bonds. The van der Waals surface area contributed by atoms with E-state index >= 15 is 0 Å². The van der Waals surface area contributed by atoms with Gasteiger partial charge in [-0.2, -0.15) is 0 Å². The van der Waals surface area contributed by atoms with Crippen molar-refractivity contribution < 1.29 is 17.2 Å². The smallest absolute Gasteiger partial charge is 0.257 e. The highest BCUT2D eigenvalue weighted by molar-refractivity contribution is 7.89. The summed E-state index contributed by atoms with van der Waals surface area (Å²) in [6, 6.07) is 0. The lowest BCUT2D eigenvalue weighted by Crippen LogP contribution is -2.53. The van der Waals surface area contributed by atoms with E-state index in [1.54, 1.807) is 6.92 Å². The third-order valence-electron chi connectivity index (χ3n) is 2.01. The summed E-state index contributed by atoms with van der Waals surface area (Å²) < 4.78 is 50.0. The van der Waals surface area contributed by atoms with Gasteiger partial charge in [-0.15, -0.1) is 0 Å². The molecule has 0 aliphatic rings. The Morgan fingerprint density at radius 2 is 2.00 bits per heavy atom. The second-order valence-corrected chi connectivity index (χ2v) is 5.52. The molecule has 0 saturated carbocycles. The number of nitrogens with one attached hydrogen (secondary N) is 1. The van der Waals surface area contributed by atoms with Gasteiger partial charge in [-0.05, 0) is 26.3 Å². The zero-order chi connectivity index (χ0) is 12.1. The monoisotopic (exact) mass is 244 g/mol. The molecule has 0 aliphatic heterocycles. The number of hydrogen-bond donors (Lipinski definition) is 2. The molecule has 0 aromatic carbocycles. The maximum atomic E-state index is 12.7. The molecule has 1 atom stereocenters. The highest BCUT2D eigenvalue weighted by atomic mass is 32.2. The lowest BCUT2D eigenvalue weighted by molar-refractivity contribution is 0.0503. The summed E-state index contributed by atoms with van der Waals surface area (Å²) in [5.41, 5.74) is 3.42. The number of alkyl halides is 2. The van der Waals surface area contributed by atoms with Crippen LogP contribution in [0.2, 0.25) is 0 Å². The summed E-state index contributed by atoms with van der Waals surface area (Å²) in [7, 11) is -3.64. The van der Waals surface area contributed by atoms with E-state index in [2.05, 4.69) is 0 Å². The predicted molar refractivity (Wildman–Crippen MR) is 55.3 cm³/mol. The van der Waals surface area contributed by atoms with Crippen LogP contribution in [0.25, 0.3) is 0 Å². The molecule has 0 fully saturated rings. The van der Waals surface area contributed by atoms with Gasteiger partial charge in [0.2, 0.25) is 10.0 Å². The fraction of sp³-hybridized carbons (Fsp3) is 1.00. The van der Waals surface area contributed by atoms with Crippen molar-refractivity contribution in [3.05, 3.63) is 0 Å². The number of sulfonamides is 1. The normalized spacial score (nSPS) is 16.7. The Kier molecular flexibility index (Phi) is 5.61. The van der Waals surface area contributed by atoms with E-state index in [1.165, 1.54) is 0 Å². The van der Waals surface area contributed by atoms with E-state index < -0.39 is 22.0 Å². The topological polar surface area (TPSA) is 72.2 Å². The fourth-order valence-corrected chi connectivity index (χ4v) is 2.72. The van der Waals surface area contributed by atoms with Gasteiger partial charge in [0.1, 0.15) is 0 Å². The third-order valence-corrected chi connectivity index (χ3v) is 3.73. The lowest BCUT2D eigenvalue weighted by atomic mass is 10.0. The van der Waals surface area contributed by atoms with Crippen LogP contribution in [0.5, 0.6) is 0 Å². The quantitative estimate of drug-likeness (QED) is 0.692. The molecule has 0 radical (unpaired) electrons. The van der Waals surface area contributed by atoms with Gasteiger partial charge in [0.25, 0.3) is 6.43 Å². The van der Waals surface area contributed by atoms with Crippen molar-refractivity contribution in [1.82, 2.24) is 4.72 Å². The molecule has 0 spiro atoms. The highest BCUT2D eigenvalue weighted by Crippen LogP contribution is 2.20. The maximum Gasteiger partial charge on any atom is 0.257 e. The van der Waals surface area contributed by atoms with Crippen LogP contribution in [-0.4, -0.2) is 32.7 Å². The van der Waals surface area contributed by atoms with Crippen LogP contribution >= 0.6 is 0 Å².